The number of nitrogens with zero attached hydrogens (tertiary/aromatic N) is 1. The fraction of sp³-hybridized carbons (Fsp3) is 0.407. The van der Waals surface area contributed by atoms with Gasteiger partial charge in [0.15, 0.2) is 0 Å². The molecule has 2 aliphatic rings. The number of rotatable bonds is 7. The zero-order valence-corrected chi connectivity index (χ0v) is 22.3. The maximum Gasteiger partial charge on any atom is 0.490 e. The maximum atomic E-state index is 13.2. The van der Waals surface area contributed by atoms with Crippen molar-refractivity contribution in [1.29, 1.82) is 0 Å². The molecule has 8 nitrogen and oxygen atoms in total. The third kappa shape index (κ3) is 6.27. The van der Waals surface area contributed by atoms with Crippen molar-refractivity contribution in [3.63, 3.8) is 0 Å². The minimum atomic E-state index is -5.08. The number of esters is 1. The molecular formula is C27H29F3N2O6S. The number of halogens is 3. The van der Waals surface area contributed by atoms with Crippen LogP contribution in [0.25, 0.3) is 0 Å². The van der Waals surface area contributed by atoms with Crippen LogP contribution in [-0.2, 0) is 30.3 Å². The monoisotopic (exact) mass is 566 g/mol. The van der Waals surface area contributed by atoms with E-state index in [4.69, 9.17) is 14.6 Å². The Balaban J connectivity index is 0.000000532. The Morgan fingerprint density at radius 1 is 1.08 bits per heavy atom. The largest absolute Gasteiger partial charge is 0.490 e. The first-order valence-electron chi connectivity index (χ1n) is 12.1. The number of carbonyl (C=O) groups excluding carboxylic acids is 3. The molecule has 4 atom stereocenters. The highest BCUT2D eigenvalue weighted by Crippen LogP contribution is 2.50. The molecule has 2 amide bonds. The van der Waals surface area contributed by atoms with Crippen molar-refractivity contribution < 1.29 is 42.2 Å². The van der Waals surface area contributed by atoms with Gasteiger partial charge in [0, 0.05) is 24.4 Å². The molecular weight excluding hydrogens is 537 g/mol. The maximum absolute atomic E-state index is 13.2. The number of benzene rings is 2. The van der Waals surface area contributed by atoms with E-state index in [0.717, 1.165) is 33.1 Å². The molecule has 0 saturated carbocycles. The van der Waals surface area contributed by atoms with Gasteiger partial charge in [-0.1, -0.05) is 49.4 Å². The number of aliphatic carboxylic acids is 1. The van der Waals surface area contributed by atoms with Crippen molar-refractivity contribution in [2.75, 3.05) is 19.9 Å². The van der Waals surface area contributed by atoms with Crippen LogP contribution in [-0.4, -0.2) is 65.4 Å². The van der Waals surface area contributed by atoms with Crippen LogP contribution in [0.2, 0.25) is 0 Å². The molecule has 2 aliphatic heterocycles. The standard InChI is InChI=1S/C25H28N2O4S.C2HF3O2/c1-4-14-32-18-12-10-17(11-13-18)21-19-20(23(29)27(2)22(19)28)25(26-21,24(30)31-3)15-16-8-6-5-7-9-16;3-2(4,5)1(6)7/h5-13,19-21,26H,4,14-15H2,1-3H3;(H,6,7)/t19-,20-,21-,25-;/m1./s1. The first-order valence-corrected chi connectivity index (χ1v) is 13.1. The van der Waals surface area contributed by atoms with Gasteiger partial charge in [-0.25, -0.2) is 4.79 Å². The third-order valence-corrected chi connectivity index (χ3v) is 7.92. The number of carboxylic acid groups (broad SMARTS) is 1. The molecule has 0 radical (unpaired) electrons. The molecule has 0 spiro atoms. The quantitative estimate of drug-likeness (QED) is 0.295. The van der Waals surface area contributed by atoms with E-state index in [1.54, 1.807) is 11.8 Å². The summed E-state index contributed by atoms with van der Waals surface area (Å²) in [6, 6.07) is 17.1. The fourth-order valence-electron chi connectivity index (χ4n) is 4.95. The molecule has 2 aromatic rings. The average Bonchev–Trinajstić information content (AvgIpc) is 3.37. The molecule has 2 fully saturated rings. The van der Waals surface area contributed by atoms with Crippen LogP contribution in [0, 0.1) is 11.8 Å². The van der Waals surface area contributed by atoms with Crippen molar-refractivity contribution in [2.24, 2.45) is 11.8 Å². The van der Waals surface area contributed by atoms with Crippen molar-refractivity contribution in [3.8, 4) is 0 Å². The average molecular weight is 567 g/mol. The lowest BCUT2D eigenvalue weighted by atomic mass is 9.76. The molecule has 2 saturated heterocycles. The number of fused-ring (bicyclic) bond motifs is 1. The lowest BCUT2D eigenvalue weighted by Gasteiger charge is -2.32. The SMILES string of the molecule is CCCSc1ccc([C@H]2N[C@@](Cc3ccccc3)(C(=O)OC)[C@H]3C(=O)N(C)C(=O)[C@@H]23)cc1.O=C(O)C(F)(F)F. The number of carbonyl (C=O) groups is 4. The number of methoxy groups -OCH3 is 1. The molecule has 2 aromatic carbocycles. The van der Waals surface area contributed by atoms with E-state index in [1.807, 2.05) is 54.6 Å². The number of likely N-dealkylation sites (tertiary alicyclic amines) is 1. The van der Waals surface area contributed by atoms with Crippen molar-refractivity contribution in [3.05, 3.63) is 65.7 Å². The van der Waals surface area contributed by atoms with Crippen molar-refractivity contribution in [1.82, 2.24) is 10.2 Å². The topological polar surface area (TPSA) is 113 Å². The molecule has 0 aromatic heterocycles. The van der Waals surface area contributed by atoms with Crippen LogP contribution >= 0.6 is 11.8 Å². The van der Waals surface area contributed by atoms with Gasteiger partial charge in [-0.05, 0) is 35.4 Å². The second kappa shape index (κ2) is 12.2. The molecule has 39 heavy (non-hydrogen) atoms. The van der Waals surface area contributed by atoms with Gasteiger partial charge in [0.05, 0.1) is 18.9 Å². The summed E-state index contributed by atoms with van der Waals surface area (Å²) in [7, 11) is 2.82. The van der Waals surface area contributed by atoms with Crippen LogP contribution in [0.4, 0.5) is 13.2 Å². The number of amides is 2. The van der Waals surface area contributed by atoms with Gasteiger partial charge < -0.3 is 9.84 Å². The first kappa shape index (κ1) is 30.2. The zero-order chi connectivity index (χ0) is 29.0. The molecule has 0 aliphatic carbocycles. The predicted octanol–water partition coefficient (Wildman–Crippen LogP) is 3.85. The van der Waals surface area contributed by atoms with Crippen LogP contribution in [0.3, 0.4) is 0 Å². The molecule has 0 bridgehead atoms. The Labute approximate surface area is 227 Å². The zero-order valence-electron chi connectivity index (χ0n) is 21.5. The summed E-state index contributed by atoms with van der Waals surface area (Å²) in [5.41, 5.74) is 0.459. The summed E-state index contributed by atoms with van der Waals surface area (Å²) in [4.78, 5) is 50.8. The summed E-state index contributed by atoms with van der Waals surface area (Å²) in [5, 5.41) is 10.5. The van der Waals surface area contributed by atoms with Gasteiger partial charge in [-0.15, -0.1) is 11.8 Å². The molecule has 210 valence electrons. The minimum absolute atomic E-state index is 0.259. The molecule has 12 heteroatoms. The van der Waals surface area contributed by atoms with Gasteiger partial charge >= 0.3 is 18.1 Å². The van der Waals surface area contributed by atoms with E-state index < -0.39 is 41.5 Å². The molecule has 0 unspecified atom stereocenters. The molecule has 2 heterocycles. The van der Waals surface area contributed by atoms with E-state index >= 15 is 0 Å². The van der Waals surface area contributed by atoms with Gasteiger partial charge in [-0.3, -0.25) is 24.6 Å². The normalized spacial score (nSPS) is 24.2. The predicted molar refractivity (Wildman–Crippen MR) is 137 cm³/mol. The Morgan fingerprint density at radius 2 is 1.67 bits per heavy atom. The van der Waals surface area contributed by atoms with E-state index in [9.17, 15) is 27.6 Å². The lowest BCUT2D eigenvalue weighted by Crippen LogP contribution is -2.57. The van der Waals surface area contributed by atoms with Crippen LogP contribution in [0.5, 0.6) is 0 Å². The van der Waals surface area contributed by atoms with E-state index in [2.05, 4.69) is 12.2 Å². The number of imide groups is 1. The van der Waals surface area contributed by atoms with Crippen LogP contribution in [0.15, 0.2) is 59.5 Å². The second-order valence-corrected chi connectivity index (χ2v) is 10.4. The Morgan fingerprint density at radius 3 is 2.18 bits per heavy atom. The number of hydrogen-bond donors (Lipinski definition) is 2. The highest BCUT2D eigenvalue weighted by atomic mass is 32.2. The second-order valence-electron chi connectivity index (χ2n) is 9.21. The lowest BCUT2D eigenvalue weighted by molar-refractivity contribution is -0.192. The van der Waals surface area contributed by atoms with Gasteiger partial charge in [-0.2, -0.15) is 13.2 Å². The van der Waals surface area contributed by atoms with Crippen LogP contribution in [0.1, 0.15) is 30.5 Å². The van der Waals surface area contributed by atoms with E-state index in [1.165, 1.54) is 14.2 Å². The number of hydrogen-bond acceptors (Lipinski definition) is 7. The molecule has 4 rings (SSSR count). The van der Waals surface area contributed by atoms with Gasteiger partial charge in [0.25, 0.3) is 0 Å². The number of nitrogens with one attached hydrogen (secondary N) is 1. The fourth-order valence-corrected chi connectivity index (χ4v) is 5.72. The highest BCUT2D eigenvalue weighted by molar-refractivity contribution is 7.99. The summed E-state index contributed by atoms with van der Waals surface area (Å²) in [6.45, 7) is 2.14. The Bertz CT molecular complexity index is 1210. The van der Waals surface area contributed by atoms with Crippen molar-refractivity contribution >= 4 is 35.5 Å². The van der Waals surface area contributed by atoms with E-state index in [0.29, 0.717) is 0 Å². The number of thioether (sulfide) groups is 1. The first-order chi connectivity index (χ1) is 18.4. The third-order valence-electron chi connectivity index (χ3n) is 6.70. The highest BCUT2D eigenvalue weighted by Gasteiger charge is 2.68. The van der Waals surface area contributed by atoms with Crippen molar-refractivity contribution in [2.45, 2.75) is 42.4 Å². The van der Waals surface area contributed by atoms with Crippen LogP contribution < -0.4 is 5.32 Å². The number of ether oxygens (including phenoxy) is 1. The Hall–Kier alpha value is -3.38. The summed E-state index contributed by atoms with van der Waals surface area (Å²) in [5.74, 6) is -4.34. The number of alkyl halides is 3. The minimum Gasteiger partial charge on any atom is -0.475 e. The van der Waals surface area contributed by atoms with Gasteiger partial charge in [0.1, 0.15) is 5.54 Å². The van der Waals surface area contributed by atoms with Gasteiger partial charge in [0.2, 0.25) is 11.8 Å². The summed E-state index contributed by atoms with van der Waals surface area (Å²) in [6.07, 6.45) is -3.74. The molecule has 2 N–H and O–H groups in total. The van der Waals surface area contributed by atoms with E-state index in [-0.39, 0.29) is 18.2 Å². The summed E-state index contributed by atoms with van der Waals surface area (Å²) < 4.78 is 36.9. The Kier molecular flexibility index (Phi) is 9.44. The number of carboxylic acids is 1. The smallest absolute Gasteiger partial charge is 0.475 e. The summed E-state index contributed by atoms with van der Waals surface area (Å²) >= 11 is 1.78.